The van der Waals surface area contributed by atoms with E-state index in [2.05, 4.69) is 4.90 Å². The number of aryl methyl sites for hydroxylation is 1. The molecule has 1 saturated carbocycles. The molecule has 152 valence electrons. The molecular formula is C23H30FNO2S. The highest BCUT2D eigenvalue weighted by atomic mass is 32.2. The molecule has 1 aromatic rings. The lowest BCUT2D eigenvalue weighted by Crippen LogP contribution is -2.32. The Morgan fingerprint density at radius 2 is 1.86 bits per heavy atom. The minimum Gasteiger partial charge on any atom is -0.478 e. The summed E-state index contributed by atoms with van der Waals surface area (Å²) in [5.41, 5.74) is 1.54. The topological polar surface area (TPSA) is 40.5 Å². The van der Waals surface area contributed by atoms with Crippen LogP contribution in [0.1, 0.15) is 50.5 Å². The molecule has 0 unspecified atom stereocenters. The van der Waals surface area contributed by atoms with Gasteiger partial charge in [-0.2, -0.15) is 0 Å². The summed E-state index contributed by atoms with van der Waals surface area (Å²) in [6, 6.07) is 6.63. The predicted molar refractivity (Wildman–Crippen MR) is 114 cm³/mol. The lowest BCUT2D eigenvalue weighted by Gasteiger charge is -2.32. The summed E-state index contributed by atoms with van der Waals surface area (Å²) in [7, 11) is 0. The maximum absolute atomic E-state index is 13.0. The van der Waals surface area contributed by atoms with Crippen molar-refractivity contribution in [1.29, 1.82) is 0 Å². The number of carbonyl (C=O) groups is 1. The zero-order valence-corrected chi connectivity index (χ0v) is 17.2. The Morgan fingerprint density at radius 3 is 2.54 bits per heavy atom. The number of hydrogen-bond donors (Lipinski definition) is 1. The molecule has 3 nitrogen and oxygen atoms in total. The van der Waals surface area contributed by atoms with Gasteiger partial charge in [0.2, 0.25) is 0 Å². The lowest BCUT2D eigenvalue weighted by atomic mass is 9.99. The van der Waals surface area contributed by atoms with Gasteiger partial charge >= 0.3 is 5.97 Å². The maximum atomic E-state index is 13.0. The standard InChI is InChI=1S/C23H30FNO2S/c24-20-13-11-18(12-14-20)9-6-16-28-22-21(23(26)27)10-5-15-25(22)17-19-7-3-1-2-4-8-19/h5,10-14,19H,1-4,6-9,15-17H2,(H,26,27). The summed E-state index contributed by atoms with van der Waals surface area (Å²) >= 11 is 1.66. The first-order chi connectivity index (χ1) is 13.6. The van der Waals surface area contributed by atoms with Gasteiger partial charge in [0.05, 0.1) is 10.6 Å². The second-order valence-electron chi connectivity index (χ2n) is 7.77. The molecule has 1 aliphatic carbocycles. The van der Waals surface area contributed by atoms with Crippen molar-refractivity contribution in [1.82, 2.24) is 4.90 Å². The van der Waals surface area contributed by atoms with Crippen LogP contribution >= 0.6 is 11.8 Å². The summed E-state index contributed by atoms with van der Waals surface area (Å²) < 4.78 is 13.0. The van der Waals surface area contributed by atoms with Gasteiger partial charge in [0.15, 0.2) is 0 Å². The number of thioether (sulfide) groups is 1. The van der Waals surface area contributed by atoms with E-state index in [-0.39, 0.29) is 5.82 Å². The van der Waals surface area contributed by atoms with Crippen LogP contribution in [0.5, 0.6) is 0 Å². The molecule has 0 bridgehead atoms. The number of rotatable bonds is 8. The number of carboxylic acid groups (broad SMARTS) is 1. The summed E-state index contributed by atoms with van der Waals surface area (Å²) in [5, 5.41) is 10.6. The van der Waals surface area contributed by atoms with E-state index in [1.165, 1.54) is 50.7 Å². The van der Waals surface area contributed by atoms with Crippen molar-refractivity contribution in [2.45, 2.75) is 51.4 Å². The van der Waals surface area contributed by atoms with Crippen LogP contribution in [0.15, 0.2) is 47.0 Å². The van der Waals surface area contributed by atoms with Crippen molar-refractivity contribution in [2.75, 3.05) is 18.8 Å². The van der Waals surface area contributed by atoms with Crippen molar-refractivity contribution in [3.05, 3.63) is 58.4 Å². The van der Waals surface area contributed by atoms with Crippen LogP contribution in [0.25, 0.3) is 0 Å². The Kier molecular flexibility index (Phi) is 8.01. The van der Waals surface area contributed by atoms with Gasteiger partial charge in [0.1, 0.15) is 5.82 Å². The fourth-order valence-corrected chi connectivity index (χ4v) is 5.19. The molecule has 0 radical (unpaired) electrons. The fraction of sp³-hybridized carbons (Fsp3) is 0.522. The van der Waals surface area contributed by atoms with E-state index in [0.29, 0.717) is 11.5 Å². The van der Waals surface area contributed by atoms with E-state index in [1.807, 2.05) is 18.2 Å². The molecule has 3 rings (SSSR count). The molecule has 5 heteroatoms. The minimum absolute atomic E-state index is 0.211. The molecule has 28 heavy (non-hydrogen) atoms. The third-order valence-corrected chi connectivity index (χ3v) is 6.82. The first kappa shape index (κ1) is 21.0. The van der Waals surface area contributed by atoms with Gasteiger partial charge in [0, 0.05) is 13.1 Å². The molecule has 0 amide bonds. The summed E-state index contributed by atoms with van der Waals surface area (Å²) in [6.07, 6.45) is 13.3. The minimum atomic E-state index is -0.845. The van der Waals surface area contributed by atoms with Gasteiger partial charge in [-0.3, -0.25) is 0 Å². The van der Waals surface area contributed by atoms with E-state index >= 15 is 0 Å². The zero-order valence-electron chi connectivity index (χ0n) is 16.4. The fourth-order valence-electron chi connectivity index (χ4n) is 4.07. The Hall–Kier alpha value is -1.75. The third kappa shape index (κ3) is 6.13. The van der Waals surface area contributed by atoms with Gasteiger partial charge < -0.3 is 10.0 Å². The molecule has 0 spiro atoms. The summed E-state index contributed by atoms with van der Waals surface area (Å²) in [5.74, 6) is 0.470. The van der Waals surface area contributed by atoms with Crippen LogP contribution in [-0.2, 0) is 11.2 Å². The van der Waals surface area contributed by atoms with Crippen LogP contribution in [0.2, 0.25) is 0 Å². The predicted octanol–water partition coefficient (Wildman–Crippen LogP) is 5.63. The Balaban J connectivity index is 1.59. The van der Waals surface area contributed by atoms with Crippen LogP contribution < -0.4 is 0 Å². The molecule has 1 aromatic carbocycles. The summed E-state index contributed by atoms with van der Waals surface area (Å²) in [6.45, 7) is 1.76. The normalized spacial score (nSPS) is 18.4. The number of aliphatic carboxylic acids is 1. The molecule has 1 N–H and O–H groups in total. The summed E-state index contributed by atoms with van der Waals surface area (Å²) in [4.78, 5) is 14.0. The molecule has 0 saturated heterocycles. The smallest absolute Gasteiger partial charge is 0.338 e. The van der Waals surface area contributed by atoms with Gasteiger partial charge in [-0.05, 0) is 61.1 Å². The monoisotopic (exact) mass is 403 g/mol. The first-order valence-electron chi connectivity index (χ1n) is 10.4. The molecule has 1 fully saturated rings. The maximum Gasteiger partial charge on any atom is 0.338 e. The van der Waals surface area contributed by atoms with E-state index in [4.69, 9.17) is 0 Å². The van der Waals surface area contributed by atoms with Gasteiger partial charge in [-0.1, -0.05) is 43.9 Å². The lowest BCUT2D eigenvalue weighted by molar-refractivity contribution is -0.132. The first-order valence-corrected chi connectivity index (χ1v) is 11.4. The molecule has 0 aromatic heterocycles. The van der Waals surface area contributed by atoms with Crippen LogP contribution in [-0.4, -0.2) is 34.8 Å². The Labute approximate surface area is 171 Å². The van der Waals surface area contributed by atoms with E-state index in [1.54, 1.807) is 17.8 Å². The SMILES string of the molecule is O=C(O)C1=C(SCCCc2ccc(F)cc2)N(CC2CCCCCC2)CC=C1. The highest BCUT2D eigenvalue weighted by Gasteiger charge is 2.24. The van der Waals surface area contributed by atoms with E-state index in [0.717, 1.165) is 42.3 Å². The molecule has 1 heterocycles. The largest absolute Gasteiger partial charge is 0.478 e. The molecular weight excluding hydrogens is 373 g/mol. The number of halogens is 1. The van der Waals surface area contributed by atoms with Crippen LogP contribution in [0.4, 0.5) is 4.39 Å². The average molecular weight is 404 g/mol. The van der Waals surface area contributed by atoms with Gasteiger partial charge in [0.25, 0.3) is 0 Å². The van der Waals surface area contributed by atoms with E-state index < -0.39 is 5.97 Å². The zero-order chi connectivity index (χ0) is 19.8. The van der Waals surface area contributed by atoms with Crippen LogP contribution in [0.3, 0.4) is 0 Å². The second kappa shape index (κ2) is 10.7. The van der Waals surface area contributed by atoms with E-state index in [9.17, 15) is 14.3 Å². The number of hydrogen-bond acceptors (Lipinski definition) is 3. The number of nitrogens with zero attached hydrogens (tertiary/aromatic N) is 1. The molecule has 0 atom stereocenters. The Bertz CT molecular complexity index is 706. The molecule has 2 aliphatic rings. The Morgan fingerprint density at radius 1 is 1.14 bits per heavy atom. The van der Waals surface area contributed by atoms with Crippen molar-refractivity contribution in [2.24, 2.45) is 5.92 Å². The van der Waals surface area contributed by atoms with Crippen molar-refractivity contribution < 1.29 is 14.3 Å². The highest BCUT2D eigenvalue weighted by Crippen LogP contribution is 2.32. The highest BCUT2D eigenvalue weighted by molar-refractivity contribution is 8.03. The second-order valence-corrected chi connectivity index (χ2v) is 8.85. The van der Waals surface area contributed by atoms with Crippen LogP contribution in [0, 0.1) is 11.7 Å². The number of carboxylic acids is 1. The third-order valence-electron chi connectivity index (χ3n) is 5.57. The molecule has 1 aliphatic heterocycles. The van der Waals surface area contributed by atoms with Crippen molar-refractivity contribution in [3.8, 4) is 0 Å². The van der Waals surface area contributed by atoms with Crippen molar-refractivity contribution in [3.63, 3.8) is 0 Å². The quantitative estimate of drug-likeness (QED) is 0.451. The average Bonchev–Trinajstić information content (AvgIpc) is 2.96. The number of benzene rings is 1. The van der Waals surface area contributed by atoms with Gasteiger partial charge in [-0.15, -0.1) is 11.8 Å². The van der Waals surface area contributed by atoms with Crippen molar-refractivity contribution >= 4 is 17.7 Å². The van der Waals surface area contributed by atoms with Gasteiger partial charge in [-0.25, -0.2) is 9.18 Å².